The predicted molar refractivity (Wildman–Crippen MR) is 120 cm³/mol. The van der Waals surface area contributed by atoms with Gasteiger partial charge in [-0.3, -0.25) is 19.4 Å². The van der Waals surface area contributed by atoms with E-state index in [0.717, 1.165) is 0 Å². The summed E-state index contributed by atoms with van der Waals surface area (Å²) in [5.41, 5.74) is 1.40. The minimum absolute atomic E-state index is 0.177. The number of anilines is 2. The second-order valence-corrected chi connectivity index (χ2v) is 8.22. The van der Waals surface area contributed by atoms with Crippen LogP contribution in [0.5, 0.6) is 0 Å². The lowest BCUT2D eigenvalue weighted by Gasteiger charge is -2.13. The number of nitrogens with zero attached hydrogens (tertiary/aromatic N) is 2. The van der Waals surface area contributed by atoms with Crippen molar-refractivity contribution in [1.82, 2.24) is 9.80 Å². The van der Waals surface area contributed by atoms with Crippen LogP contribution in [0.3, 0.4) is 0 Å². The molecule has 2 N–H and O–H groups in total. The van der Waals surface area contributed by atoms with Crippen LogP contribution in [-0.2, 0) is 0 Å². The van der Waals surface area contributed by atoms with Gasteiger partial charge in [-0.1, -0.05) is 59.9 Å². The van der Waals surface area contributed by atoms with Crippen LogP contribution in [0, 0.1) is 0 Å². The lowest BCUT2D eigenvalue weighted by Crippen LogP contribution is -2.34. The van der Waals surface area contributed by atoms with E-state index in [1.807, 2.05) is 36.4 Å². The summed E-state index contributed by atoms with van der Waals surface area (Å²) in [6.45, 7) is 0.977. The molecule has 2 saturated heterocycles. The highest BCUT2D eigenvalue weighted by Gasteiger charge is 2.28. The Morgan fingerprint density at radius 1 is 0.667 bits per heavy atom. The minimum atomic E-state index is -0.351. The number of hydrogen-bond donors (Lipinski definition) is 2. The maximum atomic E-state index is 11.6. The molecular formula is C20H20N4O4S2. The Morgan fingerprint density at radius 3 is 1.33 bits per heavy atom. The number of imide groups is 2. The average Bonchev–Trinajstić information content (AvgIpc) is 3.38. The summed E-state index contributed by atoms with van der Waals surface area (Å²) in [4.78, 5) is 48.1. The Balaban J connectivity index is 0.000000171. The number of rotatable bonds is 2. The zero-order valence-corrected chi connectivity index (χ0v) is 17.6. The molecule has 0 unspecified atom stereocenters. The third kappa shape index (κ3) is 6.01. The molecule has 0 bridgehead atoms. The Labute approximate surface area is 182 Å². The summed E-state index contributed by atoms with van der Waals surface area (Å²) in [6, 6.07) is 17.5. The molecular weight excluding hydrogens is 424 g/mol. The molecule has 2 fully saturated rings. The Morgan fingerprint density at radius 2 is 1.03 bits per heavy atom. The van der Waals surface area contributed by atoms with Gasteiger partial charge in [0.2, 0.25) is 0 Å². The summed E-state index contributed by atoms with van der Waals surface area (Å²) in [5, 5.41) is 4.98. The van der Waals surface area contributed by atoms with E-state index in [4.69, 9.17) is 0 Å². The van der Waals surface area contributed by atoms with E-state index >= 15 is 0 Å². The molecule has 10 heteroatoms. The zero-order valence-electron chi connectivity index (χ0n) is 15.9. The molecule has 2 aromatic carbocycles. The van der Waals surface area contributed by atoms with Gasteiger partial charge in [0.25, 0.3) is 10.5 Å². The van der Waals surface area contributed by atoms with Crippen molar-refractivity contribution in [2.45, 2.75) is 0 Å². The Bertz CT molecular complexity index is 836. The van der Waals surface area contributed by atoms with Crippen LogP contribution in [0.2, 0.25) is 0 Å². The number of amides is 6. The highest BCUT2D eigenvalue weighted by molar-refractivity contribution is 8.14. The van der Waals surface area contributed by atoms with Gasteiger partial charge >= 0.3 is 12.1 Å². The van der Waals surface area contributed by atoms with E-state index in [1.165, 1.54) is 33.3 Å². The second-order valence-electron chi connectivity index (χ2n) is 6.12. The highest BCUT2D eigenvalue weighted by atomic mass is 32.2. The van der Waals surface area contributed by atoms with E-state index in [2.05, 4.69) is 10.6 Å². The van der Waals surface area contributed by atoms with Gasteiger partial charge in [0.15, 0.2) is 0 Å². The SMILES string of the molecule is O=C(Nc1ccccc1)N1CCSC1=O.O=C(Nc1ccccc1)N1CCSC1=O. The van der Waals surface area contributed by atoms with Crippen LogP contribution in [-0.4, -0.2) is 56.9 Å². The van der Waals surface area contributed by atoms with Crippen molar-refractivity contribution in [3.63, 3.8) is 0 Å². The number of carbonyl (C=O) groups excluding carboxylic acids is 4. The van der Waals surface area contributed by atoms with Gasteiger partial charge in [0.1, 0.15) is 0 Å². The molecule has 0 spiro atoms. The van der Waals surface area contributed by atoms with Crippen LogP contribution in [0.4, 0.5) is 30.6 Å². The molecule has 0 atom stereocenters. The summed E-state index contributed by atoms with van der Waals surface area (Å²) in [7, 11) is 0. The smallest absolute Gasteiger partial charge is 0.307 e. The Kier molecular flexibility index (Phi) is 7.75. The first kappa shape index (κ1) is 21.7. The zero-order chi connectivity index (χ0) is 21.3. The van der Waals surface area contributed by atoms with Gasteiger partial charge in [-0.2, -0.15) is 0 Å². The van der Waals surface area contributed by atoms with Crippen LogP contribution < -0.4 is 10.6 Å². The molecule has 0 aromatic heterocycles. The van der Waals surface area contributed by atoms with Gasteiger partial charge < -0.3 is 10.6 Å². The van der Waals surface area contributed by atoms with Crippen molar-refractivity contribution in [3.05, 3.63) is 60.7 Å². The molecule has 0 aliphatic carbocycles. The van der Waals surface area contributed by atoms with Gasteiger partial charge in [-0.05, 0) is 24.3 Å². The van der Waals surface area contributed by atoms with Gasteiger partial charge in [-0.25, -0.2) is 9.59 Å². The first-order valence-electron chi connectivity index (χ1n) is 9.15. The molecule has 2 aromatic rings. The molecule has 0 radical (unpaired) electrons. The topological polar surface area (TPSA) is 98.8 Å². The van der Waals surface area contributed by atoms with Crippen molar-refractivity contribution in [1.29, 1.82) is 0 Å². The summed E-state index contributed by atoms with van der Waals surface area (Å²) < 4.78 is 0. The predicted octanol–water partition coefficient (Wildman–Crippen LogP) is 4.77. The lowest BCUT2D eigenvalue weighted by molar-refractivity contribution is 0.212. The molecule has 2 aliphatic rings. The molecule has 156 valence electrons. The highest BCUT2D eigenvalue weighted by Crippen LogP contribution is 2.19. The normalized spacial score (nSPS) is 15.5. The van der Waals surface area contributed by atoms with Crippen LogP contribution >= 0.6 is 23.5 Å². The summed E-state index contributed by atoms with van der Waals surface area (Å²) in [5.74, 6) is 1.36. The number of urea groups is 2. The average molecular weight is 445 g/mol. The number of thioether (sulfide) groups is 2. The van der Waals surface area contributed by atoms with E-state index in [-0.39, 0.29) is 22.5 Å². The molecule has 2 aliphatic heterocycles. The van der Waals surface area contributed by atoms with Gasteiger partial charge in [0.05, 0.1) is 0 Å². The van der Waals surface area contributed by atoms with Crippen molar-refractivity contribution in [2.24, 2.45) is 0 Å². The monoisotopic (exact) mass is 444 g/mol. The maximum Gasteiger partial charge on any atom is 0.329 e. The largest absolute Gasteiger partial charge is 0.329 e. The summed E-state index contributed by atoms with van der Waals surface area (Å²) >= 11 is 2.34. The number of benzene rings is 2. The standard InChI is InChI=1S/2C10H10N2O2S/c2*13-9(12-6-7-15-10(12)14)11-8-4-2-1-3-5-8/h2*1-5H,6-7H2,(H,11,13). The van der Waals surface area contributed by atoms with Gasteiger partial charge in [0, 0.05) is 36.0 Å². The lowest BCUT2D eigenvalue weighted by atomic mass is 10.3. The number of para-hydroxylation sites is 2. The molecule has 6 amide bonds. The van der Waals surface area contributed by atoms with E-state index < -0.39 is 0 Å². The van der Waals surface area contributed by atoms with Crippen LogP contribution in [0.25, 0.3) is 0 Å². The maximum absolute atomic E-state index is 11.6. The van der Waals surface area contributed by atoms with Crippen molar-refractivity contribution >= 4 is 57.4 Å². The summed E-state index contributed by atoms with van der Waals surface area (Å²) in [6.07, 6.45) is 0. The molecule has 2 heterocycles. The van der Waals surface area contributed by atoms with Crippen molar-refractivity contribution in [3.8, 4) is 0 Å². The van der Waals surface area contributed by atoms with Crippen LogP contribution in [0.1, 0.15) is 0 Å². The van der Waals surface area contributed by atoms with Gasteiger partial charge in [-0.15, -0.1) is 0 Å². The quantitative estimate of drug-likeness (QED) is 0.692. The third-order valence-electron chi connectivity index (χ3n) is 4.06. The number of nitrogens with one attached hydrogen (secondary N) is 2. The van der Waals surface area contributed by atoms with E-state index in [0.29, 0.717) is 36.0 Å². The van der Waals surface area contributed by atoms with Crippen molar-refractivity contribution in [2.75, 3.05) is 35.2 Å². The molecule has 0 saturated carbocycles. The third-order valence-corrected chi connectivity index (χ3v) is 5.77. The number of carbonyl (C=O) groups is 4. The van der Waals surface area contributed by atoms with E-state index in [1.54, 1.807) is 24.3 Å². The molecule has 8 nitrogen and oxygen atoms in total. The fourth-order valence-corrected chi connectivity index (χ4v) is 4.14. The fourth-order valence-electron chi connectivity index (χ4n) is 2.58. The first-order valence-corrected chi connectivity index (χ1v) is 11.1. The fraction of sp³-hybridized carbons (Fsp3) is 0.200. The second kappa shape index (κ2) is 10.7. The van der Waals surface area contributed by atoms with Crippen LogP contribution in [0.15, 0.2) is 60.7 Å². The molecule has 4 rings (SSSR count). The molecule has 30 heavy (non-hydrogen) atoms. The van der Waals surface area contributed by atoms with E-state index in [9.17, 15) is 19.2 Å². The van der Waals surface area contributed by atoms with Crippen molar-refractivity contribution < 1.29 is 19.2 Å². The minimum Gasteiger partial charge on any atom is -0.307 e. The number of hydrogen-bond acceptors (Lipinski definition) is 6. The Hall–Kier alpha value is -2.98. The first-order chi connectivity index (χ1) is 14.5.